The van der Waals surface area contributed by atoms with Crippen LogP contribution in [0, 0.1) is 0 Å². The molecule has 1 unspecified atom stereocenters. The normalized spacial score (nSPS) is 14.3. The Labute approximate surface area is 478 Å². The van der Waals surface area contributed by atoms with E-state index < -0.39 is 0 Å². The lowest BCUT2D eigenvalue weighted by atomic mass is 9.83. The summed E-state index contributed by atoms with van der Waals surface area (Å²) in [6.45, 7) is 0. The van der Waals surface area contributed by atoms with Gasteiger partial charge in [-0.15, -0.1) is 0 Å². The maximum Gasteiger partial charge on any atom is 0.147 e. The van der Waals surface area contributed by atoms with Crippen molar-refractivity contribution in [1.29, 1.82) is 0 Å². The lowest BCUT2D eigenvalue weighted by molar-refractivity contribution is 0.430. The zero-order valence-electron chi connectivity index (χ0n) is 44.9. The van der Waals surface area contributed by atoms with Gasteiger partial charge in [-0.25, -0.2) is 0 Å². The van der Waals surface area contributed by atoms with Gasteiger partial charge >= 0.3 is 0 Å². The third kappa shape index (κ3) is 6.79. The largest absolute Gasteiger partial charge is 0.460 e. The van der Waals surface area contributed by atoms with Gasteiger partial charge in [-0.05, 0) is 188 Å². The molecule has 12 aromatic carbocycles. The van der Waals surface area contributed by atoms with Gasteiger partial charge in [-0.1, -0.05) is 133 Å². The highest BCUT2D eigenvalue weighted by molar-refractivity contribution is 6.24. The Morgan fingerprint density at radius 2 is 0.643 bits per heavy atom. The highest BCUT2D eigenvalue weighted by Gasteiger charge is 2.35. The van der Waals surface area contributed by atoms with Gasteiger partial charge in [0, 0.05) is 49.2 Å². The number of fused-ring (bicyclic) bond motifs is 21. The fourth-order valence-electron chi connectivity index (χ4n) is 13.8. The molecular formula is C78H44O6. The topological polar surface area (TPSA) is 74.9 Å². The van der Waals surface area contributed by atoms with Crippen LogP contribution in [-0.4, -0.2) is 0 Å². The van der Waals surface area contributed by atoms with Crippen molar-refractivity contribution in [3.63, 3.8) is 0 Å². The Morgan fingerprint density at radius 3 is 1.12 bits per heavy atom. The van der Waals surface area contributed by atoms with Gasteiger partial charge in [0.15, 0.2) is 0 Å². The minimum atomic E-state index is 0.0280. The van der Waals surface area contributed by atoms with E-state index >= 15 is 0 Å². The second-order valence-corrected chi connectivity index (χ2v) is 22.6. The average molecular weight is 1080 g/mol. The van der Waals surface area contributed by atoms with Gasteiger partial charge < -0.3 is 26.8 Å². The summed E-state index contributed by atoms with van der Waals surface area (Å²) in [5.74, 6) is 1.86. The quantitative estimate of drug-likeness (QED) is 0.165. The predicted molar refractivity (Wildman–Crippen MR) is 341 cm³/mol. The van der Waals surface area contributed by atoms with Crippen LogP contribution in [0.2, 0.25) is 0 Å². The molecule has 84 heavy (non-hydrogen) atoms. The SMILES string of the molecule is C1=C(c2cc(-c3ccc4oc5c(ccc6oc7ccc(-c8ccccc8)cc7c65)c4c3)cc(-c3ccc4oc5c(ccc6oc7ccc(-c8ccccc8)cc7c65)c4c3)c2)CC2C(=C1)Oc1c2ccc2oc3ccc(-c4ccccc4)cc3c12. The summed E-state index contributed by atoms with van der Waals surface area (Å²) in [5, 5.41) is 10.3. The molecule has 1 aliphatic carbocycles. The van der Waals surface area contributed by atoms with Crippen molar-refractivity contribution in [2.24, 2.45) is 0 Å². The molecule has 0 fully saturated rings. The van der Waals surface area contributed by atoms with E-state index in [1.54, 1.807) is 0 Å². The zero-order chi connectivity index (χ0) is 54.7. The molecule has 6 heterocycles. The molecule has 0 amide bonds. The van der Waals surface area contributed by atoms with Crippen LogP contribution in [-0.2, 0) is 0 Å². The van der Waals surface area contributed by atoms with E-state index in [1.165, 1.54) is 11.1 Å². The number of benzene rings is 12. The van der Waals surface area contributed by atoms with Crippen LogP contribution in [0.25, 0.3) is 171 Å². The highest BCUT2D eigenvalue weighted by Crippen LogP contribution is 2.53. The summed E-state index contributed by atoms with van der Waals surface area (Å²) in [5.41, 5.74) is 23.0. The van der Waals surface area contributed by atoms with Crippen LogP contribution in [0.15, 0.2) is 277 Å². The molecule has 6 heteroatoms. The number of rotatable bonds is 6. The summed E-state index contributed by atoms with van der Waals surface area (Å²) >= 11 is 0. The maximum atomic E-state index is 6.91. The second-order valence-electron chi connectivity index (χ2n) is 22.6. The van der Waals surface area contributed by atoms with Crippen molar-refractivity contribution >= 4 is 115 Å². The standard InChI is InChI=1S/C78H44O6/c1-4-10-43(11-5-1)46-16-28-67-61(40-46)73-70(79-67)31-22-55-58-37-49(19-25-64(58)82-76(55)73)52-34-53(50-20-26-65-59(38-50)56-23-32-71-74(77(56)83-65)62-41-47(17-29-68(62)80-71)44-12-6-2-7-13-44)36-54(35-52)51-21-27-66-60(39-51)57-24-33-72-75(78(57)84-66)63-42-48(18-30-69(63)81-72)45-14-8-3-9-15-45/h1-38,40-42,60H,39H2. The minimum Gasteiger partial charge on any atom is -0.460 e. The molecule has 0 spiro atoms. The van der Waals surface area contributed by atoms with Gasteiger partial charge in [0.25, 0.3) is 0 Å². The molecule has 0 saturated carbocycles. The predicted octanol–water partition coefficient (Wildman–Crippen LogP) is 22.4. The van der Waals surface area contributed by atoms with Crippen LogP contribution in [0.1, 0.15) is 23.5 Å². The third-order valence-corrected chi connectivity index (χ3v) is 17.9. The molecular weight excluding hydrogens is 1030 g/mol. The molecule has 0 bridgehead atoms. The number of ether oxygens (including phenoxy) is 1. The van der Waals surface area contributed by atoms with E-state index in [9.17, 15) is 0 Å². The number of allylic oxidation sites excluding steroid dienone is 4. The van der Waals surface area contributed by atoms with Crippen molar-refractivity contribution in [3.05, 3.63) is 266 Å². The van der Waals surface area contributed by atoms with Gasteiger partial charge in [0.2, 0.25) is 0 Å². The molecule has 19 rings (SSSR count). The monoisotopic (exact) mass is 1080 g/mol. The molecule has 17 aromatic rings. The molecule has 392 valence electrons. The molecule has 1 atom stereocenters. The summed E-state index contributed by atoms with van der Waals surface area (Å²) in [4.78, 5) is 0. The van der Waals surface area contributed by atoms with Gasteiger partial charge in [0.1, 0.15) is 67.3 Å². The van der Waals surface area contributed by atoms with Crippen LogP contribution in [0.5, 0.6) is 5.75 Å². The minimum absolute atomic E-state index is 0.0280. The molecule has 6 nitrogen and oxygen atoms in total. The van der Waals surface area contributed by atoms with Crippen molar-refractivity contribution in [2.75, 3.05) is 0 Å². The first-order valence-electron chi connectivity index (χ1n) is 28.6. The lowest BCUT2D eigenvalue weighted by Gasteiger charge is -2.20. The first-order valence-corrected chi connectivity index (χ1v) is 28.6. The first-order chi connectivity index (χ1) is 41.5. The van der Waals surface area contributed by atoms with Gasteiger partial charge in [-0.2, -0.15) is 0 Å². The van der Waals surface area contributed by atoms with Gasteiger partial charge in [-0.3, -0.25) is 0 Å². The Kier molecular flexibility index (Phi) is 9.36. The van der Waals surface area contributed by atoms with E-state index in [-0.39, 0.29) is 5.92 Å². The Morgan fingerprint density at radius 1 is 0.262 bits per heavy atom. The van der Waals surface area contributed by atoms with Crippen LogP contribution in [0.4, 0.5) is 0 Å². The second kappa shape index (κ2) is 17.2. The fourth-order valence-corrected chi connectivity index (χ4v) is 13.8. The Balaban J connectivity index is 0.757. The summed E-state index contributed by atoms with van der Waals surface area (Å²) in [7, 11) is 0. The zero-order valence-corrected chi connectivity index (χ0v) is 44.9. The molecule has 5 aromatic heterocycles. The van der Waals surface area contributed by atoms with Gasteiger partial charge in [0.05, 0.1) is 16.2 Å². The summed E-state index contributed by atoms with van der Waals surface area (Å²) in [6, 6.07) is 83.8. The van der Waals surface area contributed by atoms with E-state index in [2.05, 4.69) is 237 Å². The fraction of sp³-hybridized carbons (Fsp3) is 0.0256. The van der Waals surface area contributed by atoms with E-state index in [0.29, 0.717) is 0 Å². The average Bonchev–Trinajstić information content (AvgIpc) is 2.55. The Bertz CT molecular complexity index is 5470. The summed E-state index contributed by atoms with van der Waals surface area (Å²) in [6.07, 6.45) is 5.20. The van der Waals surface area contributed by atoms with Crippen LogP contribution < -0.4 is 4.74 Å². The van der Waals surface area contributed by atoms with E-state index in [1.807, 2.05) is 12.1 Å². The van der Waals surface area contributed by atoms with Crippen molar-refractivity contribution in [1.82, 2.24) is 0 Å². The van der Waals surface area contributed by atoms with E-state index in [4.69, 9.17) is 26.8 Å². The molecule has 0 saturated heterocycles. The molecule has 1 aliphatic heterocycles. The first kappa shape index (κ1) is 45.6. The number of hydrogen-bond donors (Lipinski definition) is 0. The molecule has 2 aliphatic rings. The summed E-state index contributed by atoms with van der Waals surface area (Å²) < 4.78 is 40.0. The van der Waals surface area contributed by atoms with Crippen LogP contribution >= 0.6 is 0 Å². The molecule has 0 N–H and O–H groups in total. The van der Waals surface area contributed by atoms with Crippen molar-refractivity contribution in [3.8, 4) is 61.4 Å². The highest BCUT2D eigenvalue weighted by atomic mass is 16.5. The smallest absolute Gasteiger partial charge is 0.147 e. The van der Waals surface area contributed by atoms with Crippen molar-refractivity contribution < 1.29 is 26.8 Å². The lowest BCUT2D eigenvalue weighted by Crippen LogP contribution is -2.04. The Hall–Kier alpha value is -11.1. The number of hydrogen-bond acceptors (Lipinski definition) is 6. The van der Waals surface area contributed by atoms with E-state index in [0.717, 1.165) is 189 Å². The number of furan rings is 5. The molecule has 0 radical (unpaired) electrons. The van der Waals surface area contributed by atoms with Crippen LogP contribution in [0.3, 0.4) is 0 Å². The third-order valence-electron chi connectivity index (χ3n) is 17.9. The van der Waals surface area contributed by atoms with Crippen molar-refractivity contribution in [2.45, 2.75) is 12.3 Å². The maximum absolute atomic E-state index is 6.91.